The first-order chi connectivity index (χ1) is 16.0. The maximum absolute atomic E-state index is 13.3. The Morgan fingerprint density at radius 2 is 1.74 bits per heavy atom. The molecule has 0 bridgehead atoms. The Hall–Kier alpha value is -2.49. The number of benzene rings is 1. The van der Waals surface area contributed by atoms with Crippen molar-refractivity contribution in [3.8, 4) is 6.07 Å². The third kappa shape index (κ3) is 8.02. The van der Waals surface area contributed by atoms with Crippen LogP contribution < -0.4 is 10.0 Å². The fraction of sp³-hybridized carbons (Fsp3) is 0.609. The molecule has 0 aliphatic carbocycles. The molecule has 1 fully saturated rings. The molecule has 35 heavy (non-hydrogen) atoms. The van der Waals surface area contributed by atoms with Crippen molar-refractivity contribution in [1.29, 1.82) is 5.26 Å². The van der Waals surface area contributed by atoms with E-state index in [1.807, 2.05) is 20.8 Å². The zero-order chi connectivity index (χ0) is 27.2. The average molecular weight is 520 g/mol. The highest BCUT2D eigenvalue weighted by Gasteiger charge is 2.49. The summed E-state index contributed by atoms with van der Waals surface area (Å²) in [4.78, 5) is 26.6. The highest BCUT2D eigenvalue weighted by atomic mass is 32.2. The third-order valence-electron chi connectivity index (χ3n) is 5.76. The molecule has 0 spiro atoms. The second kappa shape index (κ2) is 12.0. The molecule has 8 nitrogen and oxygen atoms in total. The number of anilines is 1. The van der Waals surface area contributed by atoms with Gasteiger partial charge in [0.1, 0.15) is 0 Å². The second-order valence-electron chi connectivity index (χ2n) is 8.54. The summed E-state index contributed by atoms with van der Waals surface area (Å²) in [6, 6.07) is 4.37. The first kappa shape index (κ1) is 30.5. The van der Waals surface area contributed by atoms with Crippen LogP contribution in [0.25, 0.3) is 0 Å². The van der Waals surface area contributed by atoms with Crippen molar-refractivity contribution < 1.29 is 35.9 Å². The molecule has 0 radical (unpaired) electrons. The van der Waals surface area contributed by atoms with E-state index in [1.165, 1.54) is 19.1 Å². The molecule has 196 valence electrons. The number of carbonyl (C=O) groups is 2. The summed E-state index contributed by atoms with van der Waals surface area (Å²) >= 11 is 0. The molecule has 1 aliphatic rings. The summed E-state index contributed by atoms with van der Waals surface area (Å²) in [6.45, 7) is 9.28. The van der Waals surface area contributed by atoms with Crippen LogP contribution in [0, 0.1) is 23.2 Å². The zero-order valence-corrected chi connectivity index (χ0v) is 21.3. The van der Waals surface area contributed by atoms with Gasteiger partial charge in [0.2, 0.25) is 21.8 Å². The standard InChI is InChI=1S/C21H25F3N2O3.C2H7NO2S/c1-5-9-20(4,29-6-2)11-16-13(3)18(27)26(19(16)28)15-8-7-14(12-25)17(10-15)21(22,23)24;1-2-6(3,4)5/h7-8,10,13,16H,5-6,9,11H2,1-4H3;2H2,1H3,(H2,3,4,5)/t13-,16?,20?;/m1./s1. The summed E-state index contributed by atoms with van der Waals surface area (Å²) in [6.07, 6.45) is -2.94. The van der Waals surface area contributed by atoms with E-state index in [0.29, 0.717) is 25.5 Å². The number of alkyl halides is 3. The van der Waals surface area contributed by atoms with Gasteiger partial charge in [-0.2, -0.15) is 18.4 Å². The largest absolute Gasteiger partial charge is 0.417 e. The molecule has 2 amide bonds. The van der Waals surface area contributed by atoms with Gasteiger partial charge < -0.3 is 4.74 Å². The smallest absolute Gasteiger partial charge is 0.376 e. The first-order valence-electron chi connectivity index (χ1n) is 11.2. The van der Waals surface area contributed by atoms with Crippen molar-refractivity contribution in [3.05, 3.63) is 29.3 Å². The number of amides is 2. The number of primary sulfonamides is 1. The Bertz CT molecular complexity index is 1060. The number of imide groups is 1. The zero-order valence-electron chi connectivity index (χ0n) is 20.5. The number of halogens is 3. The number of nitrogens with two attached hydrogens (primary N) is 1. The van der Waals surface area contributed by atoms with Crippen LogP contribution in [-0.4, -0.2) is 38.2 Å². The summed E-state index contributed by atoms with van der Waals surface area (Å²) in [5, 5.41) is 13.5. The molecule has 0 aromatic heterocycles. The van der Waals surface area contributed by atoms with Crippen molar-refractivity contribution >= 4 is 27.5 Å². The van der Waals surface area contributed by atoms with Crippen molar-refractivity contribution in [2.45, 2.75) is 65.7 Å². The highest BCUT2D eigenvalue weighted by molar-refractivity contribution is 7.89. The molecule has 1 aromatic rings. The maximum Gasteiger partial charge on any atom is 0.417 e. The number of hydrogen-bond donors (Lipinski definition) is 1. The molecule has 1 aromatic carbocycles. The van der Waals surface area contributed by atoms with E-state index in [2.05, 4.69) is 5.14 Å². The SMILES string of the molecule is CCCC(C)(CC1C(=O)N(c2ccc(C#N)c(C(F)(F)F)c2)C(=O)[C@@H]1C)OCC.CCS(N)(=O)=O. The van der Waals surface area contributed by atoms with Crippen LogP contribution in [0.2, 0.25) is 0 Å². The molecular formula is C23H32F3N3O5S. The Morgan fingerprint density at radius 3 is 2.17 bits per heavy atom. The molecule has 2 N–H and O–H groups in total. The number of nitriles is 1. The molecule has 1 saturated heterocycles. The number of rotatable bonds is 8. The van der Waals surface area contributed by atoms with Gasteiger partial charge in [0.15, 0.2) is 0 Å². The van der Waals surface area contributed by atoms with Crippen molar-refractivity contribution in [2.75, 3.05) is 17.3 Å². The minimum absolute atomic E-state index is 0.0208. The van der Waals surface area contributed by atoms with E-state index >= 15 is 0 Å². The van der Waals surface area contributed by atoms with E-state index < -0.39 is 56.6 Å². The average Bonchev–Trinajstić information content (AvgIpc) is 2.96. The minimum Gasteiger partial charge on any atom is -0.376 e. The lowest BCUT2D eigenvalue weighted by atomic mass is 9.83. The number of sulfonamides is 1. The van der Waals surface area contributed by atoms with E-state index in [-0.39, 0.29) is 11.4 Å². The number of hydrogen-bond acceptors (Lipinski definition) is 6. The normalized spacial score (nSPS) is 20.2. The Morgan fingerprint density at radius 1 is 1.17 bits per heavy atom. The second-order valence-corrected chi connectivity index (χ2v) is 10.4. The lowest BCUT2D eigenvalue weighted by Crippen LogP contribution is -2.36. The van der Waals surface area contributed by atoms with Gasteiger partial charge in [0, 0.05) is 12.5 Å². The van der Waals surface area contributed by atoms with Gasteiger partial charge in [0.05, 0.1) is 40.2 Å². The Balaban J connectivity index is 0.000000905. The van der Waals surface area contributed by atoms with Crippen LogP contribution in [0.3, 0.4) is 0 Å². The molecule has 3 atom stereocenters. The van der Waals surface area contributed by atoms with E-state index in [0.717, 1.165) is 17.4 Å². The van der Waals surface area contributed by atoms with Gasteiger partial charge in [-0.25, -0.2) is 13.6 Å². The first-order valence-corrected chi connectivity index (χ1v) is 12.9. The van der Waals surface area contributed by atoms with Gasteiger partial charge >= 0.3 is 6.18 Å². The number of carbonyl (C=O) groups excluding carboxylic acids is 2. The van der Waals surface area contributed by atoms with Gasteiger partial charge in [-0.1, -0.05) is 20.3 Å². The van der Waals surface area contributed by atoms with Crippen LogP contribution in [0.15, 0.2) is 18.2 Å². The van der Waals surface area contributed by atoms with Crippen LogP contribution in [0.1, 0.15) is 65.0 Å². The van der Waals surface area contributed by atoms with Gasteiger partial charge in [-0.05, 0) is 51.8 Å². The molecule has 1 heterocycles. The summed E-state index contributed by atoms with van der Waals surface area (Å²) < 4.78 is 65.2. The minimum atomic E-state index is -4.77. The molecule has 12 heteroatoms. The lowest BCUT2D eigenvalue weighted by Gasteiger charge is -2.32. The van der Waals surface area contributed by atoms with Crippen molar-refractivity contribution in [2.24, 2.45) is 17.0 Å². The van der Waals surface area contributed by atoms with Crippen molar-refractivity contribution in [1.82, 2.24) is 0 Å². The Labute approximate surface area is 204 Å². The molecule has 2 unspecified atom stereocenters. The molecular weight excluding hydrogens is 487 g/mol. The van der Waals surface area contributed by atoms with E-state index in [4.69, 9.17) is 10.00 Å². The predicted octanol–water partition coefficient (Wildman–Crippen LogP) is 3.98. The van der Waals surface area contributed by atoms with E-state index in [1.54, 1.807) is 6.92 Å². The van der Waals surface area contributed by atoms with Gasteiger partial charge in [-0.15, -0.1) is 0 Å². The van der Waals surface area contributed by atoms with Crippen LogP contribution >= 0.6 is 0 Å². The fourth-order valence-corrected chi connectivity index (χ4v) is 3.96. The predicted molar refractivity (Wildman–Crippen MR) is 125 cm³/mol. The highest BCUT2D eigenvalue weighted by Crippen LogP contribution is 2.40. The number of ether oxygens (including phenoxy) is 1. The van der Waals surface area contributed by atoms with Crippen LogP contribution in [0.4, 0.5) is 18.9 Å². The topological polar surface area (TPSA) is 131 Å². The van der Waals surface area contributed by atoms with E-state index in [9.17, 15) is 31.2 Å². The quantitative estimate of drug-likeness (QED) is 0.517. The van der Waals surface area contributed by atoms with Crippen LogP contribution in [0.5, 0.6) is 0 Å². The van der Waals surface area contributed by atoms with Crippen LogP contribution in [-0.2, 0) is 30.5 Å². The molecule has 2 rings (SSSR count). The van der Waals surface area contributed by atoms with Gasteiger partial charge in [-0.3, -0.25) is 14.5 Å². The lowest BCUT2D eigenvalue weighted by molar-refractivity contribution is -0.138. The molecule has 1 aliphatic heterocycles. The summed E-state index contributed by atoms with van der Waals surface area (Å²) in [5.41, 5.74) is -2.50. The van der Waals surface area contributed by atoms with Gasteiger partial charge in [0.25, 0.3) is 0 Å². The maximum atomic E-state index is 13.3. The monoisotopic (exact) mass is 519 g/mol. The summed E-state index contributed by atoms with van der Waals surface area (Å²) in [7, 11) is -3.16. The summed E-state index contributed by atoms with van der Waals surface area (Å²) in [5.74, 6) is -2.43. The third-order valence-corrected chi connectivity index (χ3v) is 6.57. The molecule has 0 saturated carbocycles. The Kier molecular flexibility index (Phi) is 10.4. The number of nitrogens with zero attached hydrogens (tertiary/aromatic N) is 2. The van der Waals surface area contributed by atoms with Crippen molar-refractivity contribution in [3.63, 3.8) is 0 Å². The fourth-order valence-electron chi connectivity index (χ4n) is 3.96.